The van der Waals surface area contributed by atoms with Crippen LogP contribution in [0.1, 0.15) is 12.8 Å². The summed E-state index contributed by atoms with van der Waals surface area (Å²) in [7, 11) is 3.87. The average Bonchev–Trinajstić information content (AvgIpc) is 3.23. The number of ether oxygens (including phenoxy) is 1. The van der Waals surface area contributed by atoms with Crippen molar-refractivity contribution >= 4 is 41.7 Å². The summed E-state index contributed by atoms with van der Waals surface area (Å²) in [5.74, 6) is 3.85. The van der Waals surface area contributed by atoms with Crippen LogP contribution in [0.5, 0.6) is 0 Å². The van der Waals surface area contributed by atoms with E-state index in [0.717, 1.165) is 49.7 Å². The van der Waals surface area contributed by atoms with Crippen molar-refractivity contribution in [3.05, 3.63) is 12.7 Å². The van der Waals surface area contributed by atoms with Gasteiger partial charge in [-0.3, -0.25) is 4.99 Å². The van der Waals surface area contributed by atoms with Crippen LogP contribution in [0, 0.1) is 5.92 Å². The van der Waals surface area contributed by atoms with Gasteiger partial charge in [0.25, 0.3) is 0 Å². The molecule has 4 nitrogen and oxygen atoms in total. The molecule has 118 valence electrons. The van der Waals surface area contributed by atoms with Gasteiger partial charge in [0.1, 0.15) is 0 Å². The standard InChI is InChI=1S/C14H27N3OS.HI/c1-4-10-19-11-7-16-14(15-2)17(3)8-9-18-12-13-5-6-13;/h4,13H,1,5-12H2,2-3H3,(H,15,16);1H. The number of nitrogens with zero attached hydrogens (tertiary/aromatic N) is 2. The lowest BCUT2D eigenvalue weighted by Gasteiger charge is -2.21. The maximum atomic E-state index is 5.64. The van der Waals surface area contributed by atoms with E-state index >= 15 is 0 Å². The quantitative estimate of drug-likeness (QED) is 0.196. The molecule has 0 spiro atoms. The first-order valence-corrected chi connectivity index (χ1v) is 8.11. The van der Waals surface area contributed by atoms with Gasteiger partial charge in [-0.25, -0.2) is 0 Å². The SMILES string of the molecule is C=CCSCCNC(=NC)N(C)CCOCC1CC1.I. The summed E-state index contributed by atoms with van der Waals surface area (Å²) in [4.78, 5) is 6.39. The van der Waals surface area contributed by atoms with E-state index in [9.17, 15) is 0 Å². The van der Waals surface area contributed by atoms with Gasteiger partial charge in [-0.05, 0) is 18.8 Å². The number of rotatable bonds is 10. The van der Waals surface area contributed by atoms with Crippen LogP contribution in [0.15, 0.2) is 17.6 Å². The van der Waals surface area contributed by atoms with E-state index in [1.54, 1.807) is 0 Å². The molecule has 20 heavy (non-hydrogen) atoms. The molecule has 1 aliphatic rings. The van der Waals surface area contributed by atoms with Crippen molar-refractivity contribution in [2.24, 2.45) is 10.9 Å². The highest BCUT2D eigenvalue weighted by Gasteiger charge is 2.21. The Morgan fingerprint density at radius 1 is 1.55 bits per heavy atom. The van der Waals surface area contributed by atoms with E-state index in [1.165, 1.54) is 12.8 Å². The number of hydrogen-bond acceptors (Lipinski definition) is 3. The normalized spacial score (nSPS) is 14.6. The molecule has 6 heteroatoms. The Hall–Kier alpha value is 0.0500. The first kappa shape index (κ1) is 20.1. The third-order valence-corrected chi connectivity index (χ3v) is 3.92. The number of hydrogen-bond donors (Lipinski definition) is 1. The van der Waals surface area contributed by atoms with Crippen LogP contribution in [-0.4, -0.2) is 62.8 Å². The first-order valence-electron chi connectivity index (χ1n) is 6.96. The molecule has 0 amide bonds. The molecule has 1 fully saturated rings. The summed E-state index contributed by atoms with van der Waals surface area (Å²) in [5.41, 5.74) is 0. The van der Waals surface area contributed by atoms with Gasteiger partial charge in [0, 0.05) is 45.3 Å². The predicted octanol–water partition coefficient (Wildman–Crippen LogP) is 2.46. The highest BCUT2D eigenvalue weighted by atomic mass is 127. The number of guanidine groups is 1. The summed E-state index contributed by atoms with van der Waals surface area (Å²) in [6, 6.07) is 0. The lowest BCUT2D eigenvalue weighted by molar-refractivity contribution is 0.115. The summed E-state index contributed by atoms with van der Waals surface area (Å²) < 4.78 is 5.64. The number of halogens is 1. The van der Waals surface area contributed by atoms with Crippen molar-refractivity contribution in [3.8, 4) is 0 Å². The van der Waals surface area contributed by atoms with Gasteiger partial charge < -0.3 is 15.0 Å². The fraction of sp³-hybridized carbons (Fsp3) is 0.786. The van der Waals surface area contributed by atoms with Crippen LogP contribution in [0.2, 0.25) is 0 Å². The Morgan fingerprint density at radius 3 is 2.90 bits per heavy atom. The van der Waals surface area contributed by atoms with Gasteiger partial charge in [-0.1, -0.05) is 6.08 Å². The topological polar surface area (TPSA) is 36.9 Å². The Morgan fingerprint density at radius 2 is 2.30 bits per heavy atom. The van der Waals surface area contributed by atoms with Crippen LogP contribution in [0.25, 0.3) is 0 Å². The molecule has 1 aliphatic carbocycles. The highest BCUT2D eigenvalue weighted by molar-refractivity contribution is 14.0. The van der Waals surface area contributed by atoms with E-state index in [0.29, 0.717) is 0 Å². The van der Waals surface area contributed by atoms with Crippen molar-refractivity contribution in [1.82, 2.24) is 10.2 Å². The van der Waals surface area contributed by atoms with E-state index < -0.39 is 0 Å². The van der Waals surface area contributed by atoms with Gasteiger partial charge in [0.2, 0.25) is 0 Å². The van der Waals surface area contributed by atoms with Crippen molar-refractivity contribution in [2.45, 2.75) is 12.8 Å². The fourth-order valence-corrected chi connectivity index (χ4v) is 2.21. The zero-order valence-corrected chi connectivity index (χ0v) is 15.8. The van der Waals surface area contributed by atoms with Crippen molar-refractivity contribution in [1.29, 1.82) is 0 Å². The average molecular weight is 413 g/mol. The van der Waals surface area contributed by atoms with E-state index in [4.69, 9.17) is 4.74 Å². The molecule has 0 saturated heterocycles. The third-order valence-electron chi connectivity index (χ3n) is 2.96. The van der Waals surface area contributed by atoms with Crippen LogP contribution >= 0.6 is 35.7 Å². The second kappa shape index (κ2) is 12.8. The molecule has 0 bridgehead atoms. The van der Waals surface area contributed by atoms with Gasteiger partial charge >= 0.3 is 0 Å². The largest absolute Gasteiger partial charge is 0.379 e. The summed E-state index contributed by atoms with van der Waals surface area (Å²) in [5, 5.41) is 3.36. The van der Waals surface area contributed by atoms with Crippen LogP contribution in [0.4, 0.5) is 0 Å². The smallest absolute Gasteiger partial charge is 0.193 e. The van der Waals surface area contributed by atoms with Crippen LogP contribution in [-0.2, 0) is 4.74 Å². The number of thioether (sulfide) groups is 1. The molecule has 1 saturated carbocycles. The Bertz CT molecular complexity index is 286. The van der Waals surface area contributed by atoms with Gasteiger partial charge in [-0.15, -0.1) is 30.6 Å². The molecular weight excluding hydrogens is 385 g/mol. The molecule has 0 aromatic rings. The van der Waals surface area contributed by atoms with E-state index in [2.05, 4.69) is 21.8 Å². The minimum atomic E-state index is 0. The molecule has 0 heterocycles. The maximum absolute atomic E-state index is 5.64. The molecule has 0 radical (unpaired) electrons. The second-order valence-corrected chi connectivity index (χ2v) is 5.93. The minimum absolute atomic E-state index is 0. The zero-order valence-electron chi connectivity index (χ0n) is 12.6. The molecule has 0 aromatic heterocycles. The molecule has 0 unspecified atom stereocenters. The van der Waals surface area contributed by atoms with Crippen molar-refractivity contribution in [2.75, 3.05) is 51.9 Å². The first-order chi connectivity index (χ1) is 9.27. The summed E-state index contributed by atoms with van der Waals surface area (Å²) in [6.07, 6.45) is 4.63. The van der Waals surface area contributed by atoms with Crippen LogP contribution in [0.3, 0.4) is 0 Å². The highest BCUT2D eigenvalue weighted by Crippen LogP contribution is 2.28. The van der Waals surface area contributed by atoms with Gasteiger partial charge in [-0.2, -0.15) is 11.8 Å². The predicted molar refractivity (Wildman–Crippen MR) is 100 cm³/mol. The lowest BCUT2D eigenvalue weighted by Crippen LogP contribution is -2.41. The minimum Gasteiger partial charge on any atom is -0.379 e. The Kier molecular flexibility index (Phi) is 12.8. The van der Waals surface area contributed by atoms with Crippen LogP contribution < -0.4 is 5.32 Å². The second-order valence-electron chi connectivity index (χ2n) is 4.78. The van der Waals surface area contributed by atoms with Gasteiger partial charge in [0.05, 0.1) is 6.61 Å². The van der Waals surface area contributed by atoms with Crippen molar-refractivity contribution < 1.29 is 4.74 Å². The fourth-order valence-electron chi connectivity index (χ4n) is 1.63. The number of nitrogens with one attached hydrogen (secondary N) is 1. The monoisotopic (exact) mass is 413 g/mol. The summed E-state index contributed by atoms with van der Waals surface area (Å²) >= 11 is 1.87. The van der Waals surface area contributed by atoms with E-state index in [1.807, 2.05) is 31.9 Å². The molecule has 1 rings (SSSR count). The zero-order chi connectivity index (χ0) is 13.9. The molecule has 0 aromatic carbocycles. The molecule has 1 N–H and O–H groups in total. The Labute approximate surface area is 144 Å². The van der Waals surface area contributed by atoms with Crippen molar-refractivity contribution in [3.63, 3.8) is 0 Å². The molecule has 0 atom stereocenters. The number of likely N-dealkylation sites (N-methyl/N-ethyl adjacent to an activating group) is 1. The number of aliphatic imine (C=N–C) groups is 1. The van der Waals surface area contributed by atoms with Gasteiger partial charge in [0.15, 0.2) is 5.96 Å². The lowest BCUT2D eigenvalue weighted by atomic mass is 10.5. The summed E-state index contributed by atoms with van der Waals surface area (Å²) in [6.45, 7) is 7.22. The van der Waals surface area contributed by atoms with E-state index in [-0.39, 0.29) is 24.0 Å². The third kappa shape index (κ3) is 9.88. The Balaban J connectivity index is 0.00000361. The maximum Gasteiger partial charge on any atom is 0.193 e. The molecular formula is C14H28IN3OS. The molecule has 0 aliphatic heterocycles.